The van der Waals surface area contributed by atoms with Gasteiger partial charge in [0.1, 0.15) is 0 Å². The lowest BCUT2D eigenvalue weighted by Crippen LogP contribution is -2.46. The van der Waals surface area contributed by atoms with Crippen molar-refractivity contribution >= 4 is 15.9 Å². The molecule has 5 N–H and O–H groups in total. The standard InChI is InChI=1S/C25H36N7O2S/c1-31-29-25(28-30-31)23-22(19-6-4-18(5-7-19)21-15-27-16-21)9-8-20(24(23)35(26,33)34)14-17-10-12-32(2,3)13-11-17/h4-9,17,21,27,30H,10-16H2,1-3H3,(H,28,29)(H2,26,33,34)/q+1. The topological polar surface area (TPSA) is 112 Å². The normalized spacial score (nSPS) is 21.2. The lowest BCUT2D eigenvalue weighted by atomic mass is 9.87. The molecule has 0 spiro atoms. The van der Waals surface area contributed by atoms with Crippen LogP contribution in [0, 0.1) is 5.92 Å². The molecule has 2 aromatic carbocycles. The Labute approximate surface area is 208 Å². The van der Waals surface area contributed by atoms with Gasteiger partial charge in [0.2, 0.25) is 10.0 Å². The third kappa shape index (κ3) is 5.07. The zero-order valence-corrected chi connectivity index (χ0v) is 21.5. The van der Waals surface area contributed by atoms with Gasteiger partial charge in [-0.2, -0.15) is 0 Å². The van der Waals surface area contributed by atoms with Gasteiger partial charge in [0.05, 0.1) is 32.1 Å². The van der Waals surface area contributed by atoms with Crippen LogP contribution in [-0.4, -0.2) is 71.2 Å². The Morgan fingerprint density at radius 3 is 2.31 bits per heavy atom. The van der Waals surface area contributed by atoms with Crippen molar-refractivity contribution in [1.82, 2.24) is 21.4 Å². The Kier molecular flexibility index (Phi) is 6.35. The molecule has 2 aromatic rings. The second kappa shape index (κ2) is 9.18. The van der Waals surface area contributed by atoms with Gasteiger partial charge < -0.3 is 9.80 Å². The minimum atomic E-state index is -4.02. The van der Waals surface area contributed by atoms with Crippen molar-refractivity contribution in [2.75, 3.05) is 47.3 Å². The monoisotopic (exact) mass is 498 g/mol. The molecular formula is C25H36N7O2S+. The minimum absolute atomic E-state index is 0.171. The Morgan fingerprint density at radius 1 is 1.09 bits per heavy atom. The summed E-state index contributed by atoms with van der Waals surface area (Å²) in [7, 11) is 2.26. The fraction of sp³-hybridized carbons (Fsp3) is 0.480. The number of nitrogens with zero attached hydrogens (tertiary/aromatic N) is 3. The first-order chi connectivity index (χ1) is 16.6. The molecule has 0 radical (unpaired) electrons. The second-order valence-corrected chi connectivity index (χ2v) is 12.3. The molecule has 3 aliphatic heterocycles. The van der Waals surface area contributed by atoms with Gasteiger partial charge in [0.25, 0.3) is 0 Å². The highest BCUT2D eigenvalue weighted by atomic mass is 32.2. The molecule has 3 aliphatic rings. The smallest absolute Gasteiger partial charge is 0.239 e. The minimum Gasteiger partial charge on any atom is -0.328 e. The largest absolute Gasteiger partial charge is 0.328 e. The molecule has 0 unspecified atom stereocenters. The molecule has 0 aromatic heterocycles. The van der Waals surface area contributed by atoms with Crippen LogP contribution >= 0.6 is 0 Å². The lowest BCUT2D eigenvalue weighted by molar-refractivity contribution is -0.896. The highest BCUT2D eigenvalue weighted by Gasteiger charge is 2.32. The number of hydrazine groups is 2. The number of hydrogen-bond acceptors (Lipinski definition) is 7. The summed E-state index contributed by atoms with van der Waals surface area (Å²) in [5.41, 5.74) is 10.3. The van der Waals surface area contributed by atoms with E-state index in [1.165, 1.54) is 5.56 Å². The summed E-state index contributed by atoms with van der Waals surface area (Å²) in [6, 6.07) is 12.4. The number of nitrogens with one attached hydrogen (secondary N) is 3. The average Bonchev–Trinajstić information content (AvgIpc) is 3.19. The summed E-state index contributed by atoms with van der Waals surface area (Å²) < 4.78 is 27.2. The Hall–Kier alpha value is -2.50. The lowest BCUT2D eigenvalue weighted by Gasteiger charge is -2.37. The van der Waals surface area contributed by atoms with E-state index in [-0.39, 0.29) is 4.90 Å². The van der Waals surface area contributed by atoms with Crippen molar-refractivity contribution in [2.45, 2.75) is 30.1 Å². The number of likely N-dealkylation sites (tertiary alicyclic amines) is 1. The molecule has 3 heterocycles. The number of primary sulfonamides is 1. The Morgan fingerprint density at radius 2 is 1.77 bits per heavy atom. The molecule has 0 bridgehead atoms. The van der Waals surface area contributed by atoms with Crippen LogP contribution in [0.2, 0.25) is 0 Å². The maximum absolute atomic E-state index is 13.1. The van der Waals surface area contributed by atoms with Gasteiger partial charge in [0, 0.05) is 31.6 Å². The zero-order valence-electron chi connectivity index (χ0n) is 20.7. The second-order valence-electron chi connectivity index (χ2n) is 10.8. The predicted octanol–water partition coefficient (Wildman–Crippen LogP) is 1.33. The van der Waals surface area contributed by atoms with Crippen molar-refractivity contribution in [3.05, 3.63) is 53.1 Å². The van der Waals surface area contributed by atoms with Crippen LogP contribution < -0.4 is 21.4 Å². The first-order valence-corrected chi connectivity index (χ1v) is 13.8. The van der Waals surface area contributed by atoms with Gasteiger partial charge in [0.15, 0.2) is 5.84 Å². The molecule has 188 valence electrons. The molecule has 2 saturated heterocycles. The van der Waals surface area contributed by atoms with Gasteiger partial charge in [-0.15, -0.1) is 10.2 Å². The van der Waals surface area contributed by atoms with E-state index in [4.69, 9.17) is 5.14 Å². The van der Waals surface area contributed by atoms with Gasteiger partial charge in [-0.1, -0.05) is 36.4 Å². The van der Waals surface area contributed by atoms with Crippen LogP contribution in [0.3, 0.4) is 0 Å². The summed E-state index contributed by atoms with van der Waals surface area (Å²) in [6.45, 7) is 4.16. The molecule has 10 heteroatoms. The summed E-state index contributed by atoms with van der Waals surface area (Å²) >= 11 is 0. The summed E-state index contributed by atoms with van der Waals surface area (Å²) in [5.74, 6) is 1.40. The number of hydrazone groups is 1. The average molecular weight is 499 g/mol. The Bertz CT molecular complexity index is 1230. The van der Waals surface area contributed by atoms with Crippen LogP contribution in [0.5, 0.6) is 0 Å². The van der Waals surface area contributed by atoms with E-state index in [1.807, 2.05) is 12.1 Å². The van der Waals surface area contributed by atoms with Crippen molar-refractivity contribution < 1.29 is 12.9 Å². The third-order valence-corrected chi connectivity index (χ3v) is 8.65. The first-order valence-electron chi connectivity index (χ1n) is 12.3. The molecule has 5 rings (SSSR count). The highest BCUT2D eigenvalue weighted by molar-refractivity contribution is 7.89. The van der Waals surface area contributed by atoms with E-state index in [0.29, 0.717) is 29.7 Å². The zero-order chi connectivity index (χ0) is 24.8. The summed E-state index contributed by atoms with van der Waals surface area (Å²) in [5, 5.41) is 15.2. The summed E-state index contributed by atoms with van der Waals surface area (Å²) in [6.07, 6.45) is 2.81. The number of rotatable bonds is 6. The van der Waals surface area contributed by atoms with Crippen molar-refractivity contribution in [1.29, 1.82) is 0 Å². The van der Waals surface area contributed by atoms with Gasteiger partial charge >= 0.3 is 0 Å². The molecule has 0 amide bonds. The SMILES string of the molecule is CN1NN=C(c2c(-c3ccc(C4CNC4)cc3)ccc(CC3CC[N+](C)(C)CC3)c2S(N)(=O)=O)N1. The molecular weight excluding hydrogens is 462 g/mol. The number of benzene rings is 2. The number of quaternary nitrogens is 1. The van der Waals surface area contributed by atoms with Crippen LogP contribution in [-0.2, 0) is 16.4 Å². The summed E-state index contributed by atoms with van der Waals surface area (Å²) in [4.78, 5) is 0.171. The van der Waals surface area contributed by atoms with Crippen LogP contribution in [0.4, 0.5) is 0 Å². The van der Waals surface area contributed by atoms with Crippen LogP contribution in [0.25, 0.3) is 11.1 Å². The quantitative estimate of drug-likeness (QED) is 0.447. The molecule has 0 atom stereocenters. The van der Waals surface area contributed by atoms with E-state index in [1.54, 1.807) is 12.2 Å². The maximum Gasteiger partial charge on any atom is 0.239 e. The third-order valence-electron chi connectivity index (χ3n) is 7.61. The molecule has 2 fully saturated rings. The van der Waals surface area contributed by atoms with Gasteiger partial charge in [-0.25, -0.2) is 19.1 Å². The van der Waals surface area contributed by atoms with Crippen molar-refractivity contribution in [3.63, 3.8) is 0 Å². The van der Waals surface area contributed by atoms with Gasteiger partial charge in [-0.3, -0.25) is 5.43 Å². The van der Waals surface area contributed by atoms with Crippen molar-refractivity contribution in [3.8, 4) is 11.1 Å². The van der Waals surface area contributed by atoms with E-state index < -0.39 is 10.0 Å². The molecule has 0 aliphatic carbocycles. The first kappa shape index (κ1) is 24.2. The van der Waals surface area contributed by atoms with E-state index in [9.17, 15) is 8.42 Å². The number of sulfonamides is 1. The number of hydrogen-bond donors (Lipinski definition) is 4. The maximum atomic E-state index is 13.1. The number of amidine groups is 1. The Balaban J connectivity index is 1.58. The molecule has 0 saturated carbocycles. The van der Waals surface area contributed by atoms with Crippen LogP contribution in [0.15, 0.2) is 46.4 Å². The van der Waals surface area contributed by atoms with Crippen LogP contribution in [0.1, 0.15) is 35.4 Å². The molecule has 35 heavy (non-hydrogen) atoms. The van der Waals surface area contributed by atoms with E-state index >= 15 is 0 Å². The number of nitrogens with two attached hydrogens (primary N) is 1. The predicted molar refractivity (Wildman–Crippen MR) is 138 cm³/mol. The van der Waals surface area contributed by atoms with E-state index in [0.717, 1.165) is 60.2 Å². The highest BCUT2D eigenvalue weighted by Crippen LogP contribution is 2.35. The fourth-order valence-electron chi connectivity index (χ4n) is 5.33. The number of piperidine rings is 1. The van der Waals surface area contributed by atoms with E-state index in [2.05, 4.69) is 59.7 Å². The molecule has 9 nitrogen and oxygen atoms in total. The fourth-order valence-corrected chi connectivity index (χ4v) is 6.34. The van der Waals surface area contributed by atoms with Gasteiger partial charge in [-0.05, 0) is 47.4 Å². The van der Waals surface area contributed by atoms with Crippen molar-refractivity contribution in [2.24, 2.45) is 16.2 Å².